The molecule has 6 nitrogen and oxygen atoms in total. The smallest absolute Gasteiger partial charge is 0.262 e. The van der Waals surface area contributed by atoms with Crippen LogP contribution >= 0.6 is 0 Å². The van der Waals surface area contributed by atoms with Crippen LogP contribution in [-0.4, -0.2) is 30.6 Å². The molecule has 1 fully saturated rings. The number of fused-ring (bicyclic) bond motifs is 3. The van der Waals surface area contributed by atoms with Crippen molar-refractivity contribution in [3.8, 4) is 0 Å². The molecule has 1 unspecified atom stereocenters. The first kappa shape index (κ1) is 17.1. The van der Waals surface area contributed by atoms with Gasteiger partial charge < -0.3 is 0 Å². The van der Waals surface area contributed by atoms with Gasteiger partial charge in [0.25, 0.3) is 5.56 Å². The summed E-state index contributed by atoms with van der Waals surface area (Å²) in [6.45, 7) is 1.56. The summed E-state index contributed by atoms with van der Waals surface area (Å²) < 4.78 is 16.8. The number of para-hydroxylation sites is 1. The molecule has 0 radical (unpaired) electrons. The van der Waals surface area contributed by atoms with E-state index in [2.05, 4.69) is 15.1 Å². The molecule has 0 aliphatic carbocycles. The van der Waals surface area contributed by atoms with Crippen LogP contribution in [0.3, 0.4) is 0 Å². The van der Waals surface area contributed by atoms with Gasteiger partial charge in [-0.1, -0.05) is 24.3 Å². The first-order valence-corrected chi connectivity index (χ1v) is 9.45. The Morgan fingerprint density at radius 3 is 2.71 bits per heavy atom. The minimum atomic E-state index is -0.218. The quantitative estimate of drug-likeness (QED) is 0.551. The van der Waals surface area contributed by atoms with Crippen molar-refractivity contribution in [3.05, 3.63) is 76.1 Å². The van der Waals surface area contributed by atoms with Crippen molar-refractivity contribution >= 4 is 16.7 Å². The summed E-state index contributed by atoms with van der Waals surface area (Å²) in [5, 5.41) is 9.33. The number of hydrogen-bond acceptors (Lipinski definition) is 4. The van der Waals surface area contributed by atoms with Crippen LogP contribution in [-0.2, 0) is 13.6 Å². The van der Waals surface area contributed by atoms with Gasteiger partial charge in [-0.15, -0.1) is 10.2 Å². The highest BCUT2D eigenvalue weighted by Crippen LogP contribution is 2.33. The van der Waals surface area contributed by atoms with Crippen molar-refractivity contribution in [1.82, 2.24) is 24.1 Å². The molecule has 1 saturated heterocycles. The molecule has 5 rings (SSSR count). The summed E-state index contributed by atoms with van der Waals surface area (Å²) in [4.78, 5) is 15.0. The van der Waals surface area contributed by atoms with E-state index in [9.17, 15) is 9.18 Å². The molecule has 3 heterocycles. The summed E-state index contributed by atoms with van der Waals surface area (Å²) in [6, 6.07) is 14.5. The molecular formula is C21H20FN5O. The van der Waals surface area contributed by atoms with Gasteiger partial charge in [-0.3, -0.25) is 18.7 Å². The third-order valence-electron chi connectivity index (χ3n) is 5.66. The van der Waals surface area contributed by atoms with Gasteiger partial charge in [0.1, 0.15) is 5.82 Å². The lowest BCUT2D eigenvalue weighted by molar-refractivity contribution is 0.241. The Kier molecular flexibility index (Phi) is 3.98. The molecule has 0 spiro atoms. The maximum Gasteiger partial charge on any atom is 0.262 e. The van der Waals surface area contributed by atoms with E-state index in [1.165, 1.54) is 12.1 Å². The van der Waals surface area contributed by atoms with Crippen LogP contribution in [0.1, 0.15) is 30.3 Å². The van der Waals surface area contributed by atoms with Crippen LogP contribution in [0.15, 0.2) is 53.3 Å². The van der Waals surface area contributed by atoms with Gasteiger partial charge in [-0.25, -0.2) is 4.39 Å². The Hall–Kier alpha value is -3.06. The Bertz CT molecular complexity index is 1230. The number of aryl methyl sites for hydroxylation is 1. The van der Waals surface area contributed by atoms with Gasteiger partial charge in [0.2, 0.25) is 5.78 Å². The average Bonchev–Trinajstić information content (AvgIpc) is 3.35. The number of likely N-dealkylation sites (tertiary alicyclic amines) is 1. The van der Waals surface area contributed by atoms with Crippen molar-refractivity contribution in [1.29, 1.82) is 0 Å². The summed E-state index contributed by atoms with van der Waals surface area (Å²) >= 11 is 0. The predicted molar refractivity (Wildman–Crippen MR) is 105 cm³/mol. The first-order chi connectivity index (χ1) is 13.6. The Labute approximate surface area is 160 Å². The summed E-state index contributed by atoms with van der Waals surface area (Å²) in [6.07, 6.45) is 2.11. The molecule has 2 aromatic heterocycles. The van der Waals surface area contributed by atoms with E-state index in [0.29, 0.717) is 17.7 Å². The third kappa shape index (κ3) is 2.62. The van der Waals surface area contributed by atoms with Gasteiger partial charge in [0.15, 0.2) is 5.82 Å². The zero-order valence-electron chi connectivity index (χ0n) is 15.5. The molecule has 0 saturated carbocycles. The van der Waals surface area contributed by atoms with Gasteiger partial charge >= 0.3 is 0 Å². The number of rotatable bonds is 3. The molecule has 4 aromatic rings. The molecule has 28 heavy (non-hydrogen) atoms. The highest BCUT2D eigenvalue weighted by atomic mass is 19.1. The number of halogens is 1. The van der Waals surface area contributed by atoms with Crippen molar-refractivity contribution in [2.45, 2.75) is 25.4 Å². The highest BCUT2D eigenvalue weighted by molar-refractivity contribution is 5.80. The number of aromatic nitrogens is 4. The highest BCUT2D eigenvalue weighted by Gasteiger charge is 2.28. The monoisotopic (exact) mass is 377 g/mol. The largest absolute Gasteiger partial charge is 0.289 e. The first-order valence-electron chi connectivity index (χ1n) is 9.45. The molecule has 142 valence electrons. The summed E-state index contributed by atoms with van der Waals surface area (Å²) in [5.41, 5.74) is 1.86. The SMILES string of the molecule is Cn1c(=O)c2ccccc2n2c(CN3CCCC3c3ccc(F)cc3)nnc12. The molecule has 0 amide bonds. The number of hydrogen-bond donors (Lipinski definition) is 0. The molecule has 0 bridgehead atoms. The van der Waals surface area contributed by atoms with E-state index in [-0.39, 0.29) is 17.4 Å². The second-order valence-corrected chi connectivity index (χ2v) is 7.31. The molecule has 1 atom stereocenters. The van der Waals surface area contributed by atoms with Crippen molar-refractivity contribution in [2.75, 3.05) is 6.54 Å². The fourth-order valence-electron chi connectivity index (χ4n) is 4.25. The average molecular weight is 377 g/mol. The van der Waals surface area contributed by atoms with Gasteiger partial charge in [0, 0.05) is 13.1 Å². The van der Waals surface area contributed by atoms with E-state index < -0.39 is 0 Å². The van der Waals surface area contributed by atoms with Crippen molar-refractivity contribution in [2.24, 2.45) is 7.05 Å². The standard InChI is InChI=1S/C21H20FN5O/c1-25-20(28)16-5-2-3-6-18(16)27-19(23-24-21(25)27)13-26-12-4-7-17(26)14-8-10-15(22)11-9-14/h2-3,5-6,8-11,17H,4,7,12-13H2,1H3. The van der Waals surface area contributed by atoms with Crippen LogP contribution in [0, 0.1) is 5.82 Å². The topological polar surface area (TPSA) is 55.4 Å². The molecular weight excluding hydrogens is 357 g/mol. The maximum atomic E-state index is 13.3. The van der Waals surface area contributed by atoms with Gasteiger partial charge in [0.05, 0.1) is 17.4 Å². The summed E-state index contributed by atoms with van der Waals surface area (Å²) in [5.74, 6) is 1.12. The maximum absolute atomic E-state index is 13.3. The van der Waals surface area contributed by atoms with Crippen LogP contribution in [0.4, 0.5) is 4.39 Å². The minimum absolute atomic E-state index is 0.0765. The second-order valence-electron chi connectivity index (χ2n) is 7.31. The van der Waals surface area contributed by atoms with Gasteiger partial charge in [-0.05, 0) is 49.2 Å². The lowest BCUT2D eigenvalue weighted by atomic mass is 10.0. The van der Waals surface area contributed by atoms with Gasteiger partial charge in [-0.2, -0.15) is 0 Å². The van der Waals surface area contributed by atoms with Crippen LogP contribution in [0.5, 0.6) is 0 Å². The fraction of sp³-hybridized carbons (Fsp3) is 0.286. The molecule has 0 N–H and O–H groups in total. The lowest BCUT2D eigenvalue weighted by Crippen LogP contribution is -2.25. The second kappa shape index (κ2) is 6.53. The molecule has 2 aromatic carbocycles. The Morgan fingerprint density at radius 1 is 1.11 bits per heavy atom. The number of nitrogens with zero attached hydrogens (tertiary/aromatic N) is 5. The van der Waals surface area contributed by atoms with E-state index in [0.717, 1.165) is 36.3 Å². The fourth-order valence-corrected chi connectivity index (χ4v) is 4.25. The normalized spacial score (nSPS) is 17.7. The van der Waals surface area contributed by atoms with E-state index >= 15 is 0 Å². The predicted octanol–water partition coefficient (Wildman–Crippen LogP) is 3.06. The van der Waals surface area contributed by atoms with Crippen molar-refractivity contribution < 1.29 is 4.39 Å². The van der Waals surface area contributed by atoms with E-state index in [1.54, 1.807) is 11.6 Å². The number of benzene rings is 2. The third-order valence-corrected chi connectivity index (χ3v) is 5.66. The lowest BCUT2D eigenvalue weighted by Gasteiger charge is -2.24. The van der Waals surface area contributed by atoms with Crippen LogP contribution in [0.2, 0.25) is 0 Å². The Balaban J connectivity index is 1.58. The molecule has 1 aliphatic rings. The van der Waals surface area contributed by atoms with Crippen molar-refractivity contribution in [3.63, 3.8) is 0 Å². The van der Waals surface area contributed by atoms with Crippen LogP contribution in [0.25, 0.3) is 16.7 Å². The Morgan fingerprint density at radius 2 is 1.89 bits per heavy atom. The van der Waals surface area contributed by atoms with Crippen LogP contribution < -0.4 is 5.56 Å². The van der Waals surface area contributed by atoms with E-state index in [1.807, 2.05) is 40.8 Å². The molecule has 7 heteroatoms. The zero-order valence-corrected chi connectivity index (χ0v) is 15.5. The summed E-state index contributed by atoms with van der Waals surface area (Å²) in [7, 11) is 1.72. The minimum Gasteiger partial charge on any atom is -0.289 e. The molecule has 1 aliphatic heterocycles. The zero-order chi connectivity index (χ0) is 19.3. The van der Waals surface area contributed by atoms with E-state index in [4.69, 9.17) is 0 Å².